The molecule has 3 aliphatic carbocycles. The average molecular weight is 443 g/mol. The van der Waals surface area contributed by atoms with Crippen LogP contribution < -0.4 is 0 Å². The van der Waals surface area contributed by atoms with Crippen molar-refractivity contribution in [2.75, 3.05) is 0 Å². The predicted octanol–water partition coefficient (Wildman–Crippen LogP) is 6.14. The number of benzene rings is 1. The Morgan fingerprint density at radius 3 is 1.53 bits per heavy atom. The van der Waals surface area contributed by atoms with E-state index in [-0.39, 0.29) is 18.3 Å². The van der Waals surface area contributed by atoms with E-state index in [9.17, 15) is 9.59 Å². The fourth-order valence-electron chi connectivity index (χ4n) is 5.35. The third-order valence-electron chi connectivity index (χ3n) is 7.20. The van der Waals surface area contributed by atoms with Crippen molar-refractivity contribution >= 4 is 11.8 Å². The second kappa shape index (κ2) is 11.4. The number of carbonyl (C=O) groups excluding carboxylic acids is 2. The Hall–Kier alpha value is -1.72. The zero-order valence-corrected chi connectivity index (χ0v) is 19.3. The van der Waals surface area contributed by atoms with Gasteiger partial charge in [-0.1, -0.05) is 75.3 Å². The van der Waals surface area contributed by atoms with E-state index in [0.29, 0.717) is 5.56 Å². The summed E-state index contributed by atoms with van der Waals surface area (Å²) in [6.45, 7) is 0. The molecule has 3 fully saturated rings. The molecule has 4 rings (SSSR count). The van der Waals surface area contributed by atoms with Gasteiger partial charge in [0.2, 0.25) is 5.78 Å². The van der Waals surface area contributed by atoms with Gasteiger partial charge in [0, 0.05) is 5.56 Å². The number of hydrogen-bond donors (Lipinski definition) is 0. The lowest BCUT2D eigenvalue weighted by molar-refractivity contribution is -0.261. The van der Waals surface area contributed by atoms with Gasteiger partial charge in [-0.3, -0.25) is 4.79 Å². The normalized spacial score (nSPS) is 21.9. The third kappa shape index (κ3) is 5.79. The third-order valence-corrected chi connectivity index (χ3v) is 7.20. The Labute approximate surface area is 192 Å². The first-order chi connectivity index (χ1) is 15.7. The lowest BCUT2D eigenvalue weighted by Gasteiger charge is -2.39. The molecule has 0 saturated heterocycles. The molecule has 0 heterocycles. The van der Waals surface area contributed by atoms with Crippen LogP contribution in [0.1, 0.15) is 107 Å². The summed E-state index contributed by atoms with van der Waals surface area (Å²) < 4.78 is 18.9. The molecule has 0 spiro atoms. The van der Waals surface area contributed by atoms with Gasteiger partial charge in [0.25, 0.3) is 0 Å². The minimum absolute atomic E-state index is 0.163. The van der Waals surface area contributed by atoms with Crippen LogP contribution in [0.25, 0.3) is 0 Å². The van der Waals surface area contributed by atoms with E-state index in [1.54, 1.807) is 12.1 Å². The van der Waals surface area contributed by atoms with Crippen LogP contribution in [-0.2, 0) is 19.0 Å². The van der Waals surface area contributed by atoms with Crippen LogP contribution in [0.2, 0.25) is 0 Å². The maximum absolute atomic E-state index is 13.9. The monoisotopic (exact) mass is 442 g/mol. The van der Waals surface area contributed by atoms with Gasteiger partial charge >= 0.3 is 11.8 Å². The maximum atomic E-state index is 13.9. The molecular formula is C27H38O5. The number of esters is 1. The molecule has 0 N–H and O–H groups in total. The lowest BCUT2D eigenvalue weighted by atomic mass is 9.94. The molecule has 176 valence electrons. The second-order valence-electron chi connectivity index (χ2n) is 9.73. The van der Waals surface area contributed by atoms with Crippen molar-refractivity contribution < 1.29 is 23.8 Å². The van der Waals surface area contributed by atoms with E-state index in [0.717, 1.165) is 89.9 Å². The fourth-order valence-corrected chi connectivity index (χ4v) is 5.35. The molecule has 0 radical (unpaired) electrons. The predicted molar refractivity (Wildman–Crippen MR) is 122 cm³/mol. The van der Waals surface area contributed by atoms with Gasteiger partial charge in [0.15, 0.2) is 0 Å². The Morgan fingerprint density at radius 1 is 0.625 bits per heavy atom. The second-order valence-corrected chi connectivity index (χ2v) is 9.73. The van der Waals surface area contributed by atoms with E-state index in [1.807, 2.05) is 18.2 Å². The molecule has 0 amide bonds. The summed E-state index contributed by atoms with van der Waals surface area (Å²) in [5, 5.41) is 0. The van der Waals surface area contributed by atoms with Gasteiger partial charge in [-0.2, -0.15) is 0 Å². The lowest BCUT2D eigenvalue weighted by Crippen LogP contribution is -2.57. The maximum Gasteiger partial charge on any atom is 0.376 e. The number of Topliss-reactive ketones (excluding diaryl/α,β-unsaturated/α-hetero) is 1. The number of carbonyl (C=O) groups is 2. The molecule has 1 aromatic rings. The zero-order valence-electron chi connectivity index (χ0n) is 19.3. The van der Waals surface area contributed by atoms with Crippen molar-refractivity contribution in [3.63, 3.8) is 0 Å². The van der Waals surface area contributed by atoms with Crippen molar-refractivity contribution in [3.05, 3.63) is 35.9 Å². The summed E-state index contributed by atoms with van der Waals surface area (Å²) in [5.74, 6) is -3.08. The highest BCUT2D eigenvalue weighted by Gasteiger charge is 2.54. The summed E-state index contributed by atoms with van der Waals surface area (Å²) in [6.07, 6.45) is 14.3. The van der Waals surface area contributed by atoms with Crippen molar-refractivity contribution in [1.29, 1.82) is 0 Å². The van der Waals surface area contributed by atoms with Crippen LogP contribution in [-0.4, -0.2) is 35.9 Å². The number of rotatable bonds is 8. The van der Waals surface area contributed by atoms with E-state index < -0.39 is 17.5 Å². The van der Waals surface area contributed by atoms with Crippen molar-refractivity contribution in [3.8, 4) is 0 Å². The quantitative estimate of drug-likeness (QED) is 0.209. The highest BCUT2D eigenvalue weighted by atomic mass is 16.7. The minimum atomic E-state index is -2.01. The molecule has 1 aromatic carbocycles. The summed E-state index contributed by atoms with van der Waals surface area (Å²) in [4.78, 5) is 27.7. The largest absolute Gasteiger partial charge is 0.458 e. The number of ketones is 1. The highest BCUT2D eigenvalue weighted by Crippen LogP contribution is 2.35. The number of hydrogen-bond acceptors (Lipinski definition) is 5. The van der Waals surface area contributed by atoms with Crippen LogP contribution in [0.5, 0.6) is 0 Å². The van der Waals surface area contributed by atoms with Gasteiger partial charge in [0.1, 0.15) is 6.10 Å². The Bertz CT molecular complexity index is 708. The topological polar surface area (TPSA) is 61.8 Å². The zero-order chi connectivity index (χ0) is 22.2. The molecule has 5 heteroatoms. The van der Waals surface area contributed by atoms with Crippen molar-refractivity contribution in [2.24, 2.45) is 0 Å². The van der Waals surface area contributed by atoms with Gasteiger partial charge in [-0.25, -0.2) is 4.79 Å². The smallest absolute Gasteiger partial charge is 0.376 e. The molecule has 0 aliphatic heterocycles. The highest BCUT2D eigenvalue weighted by molar-refractivity contribution is 6.14. The summed E-state index contributed by atoms with van der Waals surface area (Å²) in [5.41, 5.74) is 0.430. The van der Waals surface area contributed by atoms with Gasteiger partial charge in [-0.05, 0) is 51.4 Å². The van der Waals surface area contributed by atoms with Crippen molar-refractivity contribution in [2.45, 2.75) is 120 Å². The standard InChI is InChI=1S/C27H38O5/c28-25(21-13-5-1-6-14-21)27(31-23-17-9-3-10-18-23,32-24-19-11-4-12-20-24)26(29)30-22-15-7-2-8-16-22/h1,5-6,13-14,22-24H,2-4,7-12,15-20H2. The van der Waals surface area contributed by atoms with E-state index in [2.05, 4.69) is 0 Å². The van der Waals surface area contributed by atoms with Gasteiger partial charge in [-0.15, -0.1) is 0 Å². The van der Waals surface area contributed by atoms with E-state index in [4.69, 9.17) is 14.2 Å². The first-order valence-electron chi connectivity index (χ1n) is 12.8. The first-order valence-corrected chi connectivity index (χ1v) is 12.8. The average Bonchev–Trinajstić information content (AvgIpc) is 2.85. The Kier molecular flexibility index (Phi) is 8.37. The molecule has 3 saturated carbocycles. The SMILES string of the molecule is O=C(OC1CCCCC1)C(OC1CCCCC1)(OC1CCCCC1)C(=O)c1ccccc1. The van der Waals surface area contributed by atoms with Crippen molar-refractivity contribution in [1.82, 2.24) is 0 Å². The summed E-state index contributed by atoms with van der Waals surface area (Å²) in [7, 11) is 0. The molecule has 0 bridgehead atoms. The molecule has 5 nitrogen and oxygen atoms in total. The summed E-state index contributed by atoms with van der Waals surface area (Å²) in [6, 6.07) is 8.96. The van der Waals surface area contributed by atoms with Crippen LogP contribution in [0.3, 0.4) is 0 Å². The van der Waals surface area contributed by atoms with Gasteiger partial charge in [0.05, 0.1) is 12.2 Å². The molecule has 0 unspecified atom stereocenters. The van der Waals surface area contributed by atoms with E-state index in [1.165, 1.54) is 6.42 Å². The van der Waals surface area contributed by atoms with Crippen LogP contribution >= 0.6 is 0 Å². The van der Waals surface area contributed by atoms with Crippen LogP contribution in [0, 0.1) is 0 Å². The summed E-state index contributed by atoms with van der Waals surface area (Å²) >= 11 is 0. The fraction of sp³-hybridized carbons (Fsp3) is 0.704. The molecular weight excluding hydrogens is 404 g/mol. The van der Waals surface area contributed by atoms with E-state index >= 15 is 0 Å². The molecule has 32 heavy (non-hydrogen) atoms. The van der Waals surface area contributed by atoms with Crippen LogP contribution in [0.15, 0.2) is 30.3 Å². The first kappa shape index (κ1) is 23.4. The van der Waals surface area contributed by atoms with Crippen LogP contribution in [0.4, 0.5) is 0 Å². The Morgan fingerprint density at radius 2 is 1.06 bits per heavy atom. The number of ether oxygens (including phenoxy) is 3. The molecule has 3 aliphatic rings. The molecule has 0 aromatic heterocycles. The minimum Gasteiger partial charge on any atom is -0.458 e. The Balaban J connectivity index is 1.66. The van der Waals surface area contributed by atoms with Gasteiger partial charge < -0.3 is 14.2 Å². The molecule has 0 atom stereocenters.